The van der Waals surface area contributed by atoms with E-state index in [-0.39, 0.29) is 0 Å². The summed E-state index contributed by atoms with van der Waals surface area (Å²) in [5, 5.41) is 8.95. The van der Waals surface area contributed by atoms with Crippen molar-refractivity contribution in [2.24, 2.45) is 0 Å². The van der Waals surface area contributed by atoms with E-state index in [1.807, 2.05) is 25.2 Å². The number of hydrogen-bond acceptors (Lipinski definition) is 8. The number of ether oxygens (including phenoxy) is 1. The highest BCUT2D eigenvalue weighted by Crippen LogP contribution is 2.17. The number of nitrogens with zero attached hydrogens (tertiary/aromatic N) is 7. The lowest BCUT2D eigenvalue weighted by atomic mass is 10.4. The van der Waals surface area contributed by atoms with Crippen molar-refractivity contribution in [1.29, 1.82) is 5.26 Å². The number of nitriles is 1. The average Bonchev–Trinajstić information content (AvgIpc) is 2.46. The minimum absolute atomic E-state index is 0.350. The van der Waals surface area contributed by atoms with Gasteiger partial charge in [-0.05, 0) is 0 Å². The molecule has 0 unspecified atom stereocenters. The number of morpholine rings is 1. The highest BCUT2D eigenvalue weighted by molar-refractivity contribution is 5.47. The van der Waals surface area contributed by atoms with E-state index in [4.69, 9.17) is 10.00 Å². The molecule has 0 amide bonds. The summed E-state index contributed by atoms with van der Waals surface area (Å²) in [7, 11) is 5.33. The first kappa shape index (κ1) is 13.3. The van der Waals surface area contributed by atoms with Crippen LogP contribution in [0.3, 0.4) is 0 Å². The number of aromatic nitrogens is 3. The monoisotopic (exact) mass is 263 g/mol. The minimum atomic E-state index is 0.350. The van der Waals surface area contributed by atoms with Crippen LogP contribution in [0.4, 0.5) is 17.8 Å². The maximum absolute atomic E-state index is 8.95. The topological polar surface area (TPSA) is 81.4 Å². The molecule has 1 fully saturated rings. The fourth-order valence-electron chi connectivity index (χ4n) is 1.64. The fourth-order valence-corrected chi connectivity index (χ4v) is 1.64. The largest absolute Gasteiger partial charge is 0.378 e. The van der Waals surface area contributed by atoms with Gasteiger partial charge in [0.05, 0.1) is 13.2 Å². The zero-order valence-electron chi connectivity index (χ0n) is 11.4. The zero-order chi connectivity index (χ0) is 13.8. The number of anilines is 3. The van der Waals surface area contributed by atoms with Crippen molar-refractivity contribution in [2.75, 3.05) is 62.1 Å². The van der Waals surface area contributed by atoms with Crippen LogP contribution >= 0.6 is 0 Å². The molecule has 0 aliphatic carbocycles. The maximum atomic E-state index is 8.95. The highest BCUT2D eigenvalue weighted by atomic mass is 16.5. The molecule has 19 heavy (non-hydrogen) atoms. The lowest BCUT2D eigenvalue weighted by Gasteiger charge is -2.27. The predicted octanol–water partition coefficient (Wildman–Crippen LogP) is -0.309. The fraction of sp³-hybridized carbons (Fsp3) is 0.636. The molecule has 0 atom stereocenters. The molecule has 0 bridgehead atoms. The molecule has 1 aliphatic rings. The van der Waals surface area contributed by atoms with E-state index in [1.165, 1.54) is 4.90 Å². The van der Waals surface area contributed by atoms with Gasteiger partial charge in [-0.3, -0.25) is 4.90 Å². The Morgan fingerprint density at radius 2 is 1.74 bits per heavy atom. The van der Waals surface area contributed by atoms with Crippen molar-refractivity contribution in [3.05, 3.63) is 0 Å². The summed E-state index contributed by atoms with van der Waals surface area (Å²) in [6.45, 7) is 2.80. The zero-order valence-corrected chi connectivity index (χ0v) is 11.4. The average molecular weight is 263 g/mol. The van der Waals surface area contributed by atoms with Crippen LogP contribution in [-0.4, -0.2) is 62.4 Å². The summed E-state index contributed by atoms with van der Waals surface area (Å²) in [6.07, 6.45) is 2.00. The third-order valence-electron chi connectivity index (χ3n) is 2.74. The third-order valence-corrected chi connectivity index (χ3v) is 2.74. The van der Waals surface area contributed by atoms with E-state index < -0.39 is 0 Å². The Labute approximate surface area is 112 Å². The molecular formula is C11H17N7O. The van der Waals surface area contributed by atoms with Crippen LogP contribution in [0, 0.1) is 11.5 Å². The first-order valence-corrected chi connectivity index (χ1v) is 6.01. The number of rotatable bonds is 3. The van der Waals surface area contributed by atoms with E-state index >= 15 is 0 Å². The molecule has 0 saturated carbocycles. The van der Waals surface area contributed by atoms with Crippen molar-refractivity contribution >= 4 is 17.8 Å². The van der Waals surface area contributed by atoms with Crippen LogP contribution in [0.5, 0.6) is 0 Å². The van der Waals surface area contributed by atoms with Crippen LogP contribution in [0.25, 0.3) is 0 Å². The Balaban J connectivity index is 2.36. The Kier molecular flexibility index (Phi) is 3.97. The predicted molar refractivity (Wildman–Crippen MR) is 71.2 cm³/mol. The molecular weight excluding hydrogens is 246 g/mol. The van der Waals surface area contributed by atoms with Crippen molar-refractivity contribution < 1.29 is 4.74 Å². The molecule has 1 aromatic heterocycles. The third kappa shape index (κ3) is 3.00. The molecule has 2 rings (SSSR count). The van der Waals surface area contributed by atoms with Crippen molar-refractivity contribution in [2.45, 2.75) is 0 Å². The van der Waals surface area contributed by atoms with Gasteiger partial charge in [-0.1, -0.05) is 0 Å². The van der Waals surface area contributed by atoms with E-state index in [9.17, 15) is 0 Å². The van der Waals surface area contributed by atoms with E-state index in [2.05, 4.69) is 15.0 Å². The molecule has 8 heteroatoms. The van der Waals surface area contributed by atoms with Crippen molar-refractivity contribution in [3.63, 3.8) is 0 Å². The quantitative estimate of drug-likeness (QED) is 0.542. The van der Waals surface area contributed by atoms with E-state index in [1.54, 1.807) is 11.9 Å². The smallest absolute Gasteiger partial charge is 0.245 e. The summed E-state index contributed by atoms with van der Waals surface area (Å²) in [6, 6.07) is 0. The van der Waals surface area contributed by atoms with E-state index in [0.29, 0.717) is 31.1 Å². The molecule has 0 radical (unpaired) electrons. The summed E-state index contributed by atoms with van der Waals surface area (Å²) in [5.41, 5.74) is 0. The highest BCUT2D eigenvalue weighted by Gasteiger charge is 2.18. The molecule has 1 aromatic rings. The first-order chi connectivity index (χ1) is 9.11. The lowest BCUT2D eigenvalue weighted by Crippen LogP contribution is -2.38. The van der Waals surface area contributed by atoms with Crippen LogP contribution in [0.2, 0.25) is 0 Å². The van der Waals surface area contributed by atoms with E-state index in [0.717, 1.165) is 13.1 Å². The molecule has 102 valence electrons. The van der Waals surface area contributed by atoms with Crippen LogP contribution in [0.15, 0.2) is 0 Å². The Morgan fingerprint density at radius 1 is 1.11 bits per heavy atom. The second-order valence-corrected chi connectivity index (χ2v) is 4.39. The normalized spacial score (nSPS) is 14.9. The Morgan fingerprint density at radius 3 is 2.32 bits per heavy atom. The van der Waals surface area contributed by atoms with Gasteiger partial charge in [-0.2, -0.15) is 20.2 Å². The van der Waals surface area contributed by atoms with Crippen molar-refractivity contribution in [3.8, 4) is 6.19 Å². The standard InChI is InChI=1S/C11H17N7O/c1-16(2)9-13-10(17(3)8-12)15-11(14-9)18-4-6-19-7-5-18/h4-7H2,1-3H3. The van der Waals surface area contributed by atoms with Gasteiger partial charge in [0.15, 0.2) is 6.19 Å². The first-order valence-electron chi connectivity index (χ1n) is 6.01. The summed E-state index contributed by atoms with van der Waals surface area (Å²) >= 11 is 0. The molecule has 1 aliphatic heterocycles. The summed E-state index contributed by atoms with van der Waals surface area (Å²) < 4.78 is 5.31. The number of hydrogen-bond donors (Lipinski definition) is 0. The SMILES string of the molecule is CN(C)c1nc(N(C)C#N)nc(N2CCOCC2)n1. The van der Waals surface area contributed by atoms with Gasteiger partial charge in [0, 0.05) is 34.2 Å². The van der Waals surface area contributed by atoms with Gasteiger partial charge < -0.3 is 14.5 Å². The van der Waals surface area contributed by atoms with Gasteiger partial charge in [0.25, 0.3) is 0 Å². The van der Waals surface area contributed by atoms with Gasteiger partial charge in [-0.15, -0.1) is 0 Å². The second-order valence-electron chi connectivity index (χ2n) is 4.39. The van der Waals surface area contributed by atoms with Crippen LogP contribution in [-0.2, 0) is 4.74 Å². The molecule has 2 heterocycles. The van der Waals surface area contributed by atoms with Gasteiger partial charge in [0.2, 0.25) is 17.8 Å². The van der Waals surface area contributed by atoms with Crippen molar-refractivity contribution in [1.82, 2.24) is 15.0 Å². The molecule has 1 saturated heterocycles. The maximum Gasteiger partial charge on any atom is 0.245 e. The molecule has 0 N–H and O–H groups in total. The van der Waals surface area contributed by atoms with Gasteiger partial charge >= 0.3 is 0 Å². The summed E-state index contributed by atoms with van der Waals surface area (Å²) in [4.78, 5) is 18.1. The molecule has 0 aromatic carbocycles. The van der Waals surface area contributed by atoms with Gasteiger partial charge in [-0.25, -0.2) is 0 Å². The Bertz CT molecular complexity index is 478. The lowest BCUT2D eigenvalue weighted by molar-refractivity contribution is 0.122. The molecule has 0 spiro atoms. The van der Waals surface area contributed by atoms with Crippen LogP contribution < -0.4 is 14.7 Å². The Hall–Kier alpha value is -2.14. The van der Waals surface area contributed by atoms with Crippen LogP contribution in [0.1, 0.15) is 0 Å². The molecule has 8 nitrogen and oxygen atoms in total. The summed E-state index contributed by atoms with van der Waals surface area (Å²) in [5.74, 6) is 1.47. The minimum Gasteiger partial charge on any atom is -0.378 e. The second kappa shape index (κ2) is 5.67. The van der Waals surface area contributed by atoms with Gasteiger partial charge in [0.1, 0.15) is 0 Å².